The lowest BCUT2D eigenvalue weighted by Crippen LogP contribution is -2.19. The summed E-state index contributed by atoms with van der Waals surface area (Å²) in [5.41, 5.74) is 2.74. The fraction of sp³-hybridized carbons (Fsp3) is 0.235. The van der Waals surface area contributed by atoms with Gasteiger partial charge < -0.3 is 31.9 Å². The van der Waals surface area contributed by atoms with Crippen LogP contribution in [0.15, 0.2) is 147 Å². The second-order valence-corrected chi connectivity index (χ2v) is 18.8. The van der Waals surface area contributed by atoms with Gasteiger partial charge in [-0.25, -0.2) is 9.97 Å². The van der Waals surface area contributed by atoms with Crippen molar-refractivity contribution in [1.29, 1.82) is 0 Å². The molecule has 0 aliphatic heterocycles. The third kappa shape index (κ3) is 15.9. The largest absolute Gasteiger partial charge is 0.324 e. The van der Waals surface area contributed by atoms with Crippen LogP contribution in [0, 0.1) is 0 Å². The fourth-order valence-electron chi connectivity index (χ4n) is 5.83. The Kier molecular flexibility index (Phi) is 16.4. The van der Waals surface area contributed by atoms with Gasteiger partial charge in [-0.05, 0) is 72.8 Å². The molecule has 21 heteroatoms. The van der Waals surface area contributed by atoms with E-state index in [4.69, 9.17) is 0 Å². The van der Waals surface area contributed by atoms with Gasteiger partial charge in [-0.1, -0.05) is 74.4 Å². The smallest absolute Gasteiger partial charge is 0.233 e. The molecule has 0 saturated carbocycles. The first-order valence-corrected chi connectivity index (χ1v) is 22.9. The minimum Gasteiger partial charge on any atom is -0.324 e. The van der Waals surface area contributed by atoms with Crippen LogP contribution in [0.5, 0.6) is 0 Å². The third-order valence-electron chi connectivity index (χ3n) is 9.44. The van der Waals surface area contributed by atoms with E-state index in [0.717, 1.165) is 22.7 Å². The molecule has 9 aromatic rings. The molecule has 6 N–H and O–H groups in total. The lowest BCUT2D eigenvalue weighted by Gasteiger charge is -2.18. The van der Waals surface area contributed by atoms with Crippen LogP contribution in [0.1, 0.15) is 79.8 Å². The minimum absolute atomic E-state index is 0.202. The van der Waals surface area contributed by atoms with E-state index in [0.29, 0.717) is 64.8 Å². The van der Waals surface area contributed by atoms with Crippen molar-refractivity contribution in [3.8, 4) is 0 Å². The summed E-state index contributed by atoms with van der Waals surface area (Å²) in [5.74, 6) is 6.19. The summed E-state index contributed by atoms with van der Waals surface area (Å²) in [6.45, 7) is 18.5. The lowest BCUT2D eigenvalue weighted by molar-refractivity contribution is 0.544. The first-order chi connectivity index (χ1) is 34.5. The summed E-state index contributed by atoms with van der Waals surface area (Å²) in [4.78, 5) is 65.1. The molecule has 0 saturated heterocycles. The molecular formula is C51H57N21. The highest BCUT2D eigenvalue weighted by Gasteiger charge is 2.23. The summed E-state index contributed by atoms with van der Waals surface area (Å²) in [5, 5.41) is 18.9. The maximum atomic E-state index is 4.54. The molecule has 0 aromatic carbocycles. The summed E-state index contributed by atoms with van der Waals surface area (Å²) >= 11 is 0. The first-order valence-electron chi connectivity index (χ1n) is 22.9. The Morgan fingerprint density at radius 1 is 0.278 bits per heavy atom. The normalized spacial score (nSPS) is 11.1. The van der Waals surface area contributed by atoms with Gasteiger partial charge in [-0.2, -0.15) is 44.9 Å². The number of anilines is 12. The topological polar surface area (TPSA) is 266 Å². The van der Waals surface area contributed by atoms with Gasteiger partial charge in [-0.15, -0.1) is 0 Å². The van der Waals surface area contributed by atoms with Crippen molar-refractivity contribution in [1.82, 2.24) is 74.8 Å². The number of aromatic nitrogens is 15. The molecule has 72 heavy (non-hydrogen) atoms. The Morgan fingerprint density at radius 3 is 0.875 bits per heavy atom. The van der Waals surface area contributed by atoms with Gasteiger partial charge in [0.05, 0.1) is 23.8 Å². The van der Waals surface area contributed by atoms with Gasteiger partial charge in [0, 0.05) is 77.2 Å². The summed E-state index contributed by atoms with van der Waals surface area (Å²) < 4.78 is 0. The van der Waals surface area contributed by atoms with Crippen molar-refractivity contribution < 1.29 is 0 Å². The zero-order chi connectivity index (χ0) is 51.0. The quantitative estimate of drug-likeness (QED) is 0.0664. The second-order valence-electron chi connectivity index (χ2n) is 18.8. The van der Waals surface area contributed by atoms with Gasteiger partial charge >= 0.3 is 0 Å². The van der Waals surface area contributed by atoms with E-state index in [1.807, 2.05) is 84.9 Å². The highest BCUT2D eigenvalue weighted by atomic mass is 15.3. The van der Waals surface area contributed by atoms with Gasteiger partial charge in [0.1, 0.15) is 29.1 Å². The average molecular weight is 964 g/mol. The molecule has 0 bridgehead atoms. The van der Waals surface area contributed by atoms with Gasteiger partial charge in [0.15, 0.2) is 0 Å². The Balaban J connectivity index is 0.000000158. The van der Waals surface area contributed by atoms with Crippen LogP contribution < -0.4 is 31.9 Å². The molecule has 0 aliphatic carbocycles. The number of hydrogen-bond acceptors (Lipinski definition) is 21. The maximum Gasteiger partial charge on any atom is 0.233 e. The Labute approximate surface area is 418 Å². The average Bonchev–Trinajstić information content (AvgIpc) is 3.35. The fourth-order valence-corrected chi connectivity index (χ4v) is 5.83. The number of nitrogens with zero attached hydrogens (tertiary/aromatic N) is 15. The molecular weight excluding hydrogens is 907 g/mol. The predicted molar refractivity (Wildman–Crippen MR) is 281 cm³/mol. The van der Waals surface area contributed by atoms with Crippen molar-refractivity contribution in [3.05, 3.63) is 164 Å². The van der Waals surface area contributed by atoms with Crippen LogP contribution in [0.3, 0.4) is 0 Å². The summed E-state index contributed by atoms with van der Waals surface area (Å²) in [6, 6.07) is 26.2. The molecule has 0 atom stereocenters. The number of hydrogen-bond donors (Lipinski definition) is 6. The standard InChI is InChI=1S/3C17H19N7/c1-17(2,3)14-22-15(20-12-4-8-18-9-5-12)24-16(23-14)21-13-6-10-19-11-7-13;1-17(2,3)14-22-15(20-12-6-4-8-18-10-12)24-16(23-14)21-13-7-5-9-19-11-13;1-17(2,3)14-22-15(20-12-8-4-6-10-18-12)24-16(23-14)21-13-9-5-7-11-19-13/h4-11H,1-3H3,(H2,18,19,20,21,22,23,24);4-11H,1-3H3,(H2,20,21,22,23,24);4-11H,1-3H3,(H2,18,19,20,21,22,23,24). The molecule has 0 spiro atoms. The molecule has 21 nitrogen and oxygen atoms in total. The molecule has 0 fully saturated rings. The van der Waals surface area contributed by atoms with E-state index >= 15 is 0 Å². The van der Waals surface area contributed by atoms with Crippen LogP contribution in [0.25, 0.3) is 0 Å². The van der Waals surface area contributed by atoms with Gasteiger partial charge in [0.2, 0.25) is 35.7 Å². The predicted octanol–water partition coefficient (Wildman–Crippen LogP) is 10.3. The Hall–Kier alpha value is -9.27. The van der Waals surface area contributed by atoms with Gasteiger partial charge in [0.25, 0.3) is 0 Å². The number of nitrogens with one attached hydrogen (secondary N) is 6. The van der Waals surface area contributed by atoms with Crippen LogP contribution in [0.2, 0.25) is 0 Å². The van der Waals surface area contributed by atoms with Crippen molar-refractivity contribution >= 4 is 70.1 Å². The van der Waals surface area contributed by atoms with E-state index in [1.54, 1.807) is 62.0 Å². The Morgan fingerprint density at radius 2 is 0.597 bits per heavy atom. The minimum atomic E-state index is -0.218. The molecule has 366 valence electrons. The third-order valence-corrected chi connectivity index (χ3v) is 9.44. The maximum absolute atomic E-state index is 4.54. The zero-order valence-electron chi connectivity index (χ0n) is 41.6. The van der Waals surface area contributed by atoms with Crippen molar-refractivity contribution in [2.24, 2.45) is 0 Å². The van der Waals surface area contributed by atoms with E-state index in [2.05, 4.69) is 169 Å². The van der Waals surface area contributed by atoms with Crippen LogP contribution >= 0.6 is 0 Å². The highest BCUT2D eigenvalue weighted by Crippen LogP contribution is 2.26. The molecule has 9 rings (SSSR count). The van der Waals surface area contributed by atoms with Crippen LogP contribution in [-0.4, -0.2) is 74.8 Å². The molecule has 0 amide bonds. The Bertz CT molecular complexity index is 2550. The SMILES string of the molecule is CC(C)(C)c1nc(Nc2ccccn2)nc(Nc2ccccn2)n1.CC(C)(C)c1nc(Nc2cccnc2)nc(Nc2cccnc2)n1.CC(C)(C)c1nc(Nc2ccncc2)nc(Nc2ccncc2)n1. The van der Waals surface area contributed by atoms with E-state index < -0.39 is 0 Å². The lowest BCUT2D eigenvalue weighted by atomic mass is 9.96. The van der Waals surface area contributed by atoms with Crippen LogP contribution in [0.4, 0.5) is 70.1 Å². The molecule has 9 aromatic heterocycles. The summed E-state index contributed by atoms with van der Waals surface area (Å²) in [7, 11) is 0. The monoisotopic (exact) mass is 964 g/mol. The van der Waals surface area contributed by atoms with Crippen molar-refractivity contribution in [2.75, 3.05) is 31.9 Å². The molecule has 0 radical (unpaired) electrons. The molecule has 0 aliphatic rings. The van der Waals surface area contributed by atoms with E-state index in [1.165, 1.54) is 0 Å². The number of pyridine rings is 6. The first kappa shape index (κ1) is 50.6. The zero-order valence-corrected chi connectivity index (χ0v) is 41.6. The molecule has 0 unspecified atom stereocenters. The highest BCUT2D eigenvalue weighted by molar-refractivity contribution is 5.58. The van der Waals surface area contributed by atoms with E-state index in [9.17, 15) is 0 Å². The summed E-state index contributed by atoms with van der Waals surface area (Å²) in [6.07, 6.45) is 17.1. The number of rotatable bonds is 12. The van der Waals surface area contributed by atoms with Gasteiger partial charge in [-0.3, -0.25) is 19.9 Å². The van der Waals surface area contributed by atoms with Crippen molar-refractivity contribution in [2.45, 2.75) is 78.6 Å². The van der Waals surface area contributed by atoms with E-state index in [-0.39, 0.29) is 16.2 Å². The van der Waals surface area contributed by atoms with Crippen LogP contribution in [-0.2, 0) is 16.2 Å². The molecule has 9 heterocycles. The van der Waals surface area contributed by atoms with Crippen molar-refractivity contribution in [3.63, 3.8) is 0 Å². The second kappa shape index (κ2) is 23.4.